The lowest BCUT2D eigenvalue weighted by atomic mass is 10.1. The minimum absolute atomic E-state index is 0.307. The van der Waals surface area contributed by atoms with Crippen LogP contribution < -0.4 is 20.1 Å². The third kappa shape index (κ3) is 4.62. The maximum absolute atomic E-state index is 5.42. The molecule has 0 atom stereocenters. The van der Waals surface area contributed by atoms with Gasteiger partial charge in [0.25, 0.3) is 0 Å². The molecule has 6 nitrogen and oxygen atoms in total. The second-order valence-corrected chi connectivity index (χ2v) is 5.83. The quantitative estimate of drug-likeness (QED) is 0.624. The van der Waals surface area contributed by atoms with Gasteiger partial charge in [0.2, 0.25) is 6.79 Å². The number of benzene rings is 1. The van der Waals surface area contributed by atoms with Crippen molar-refractivity contribution >= 4 is 5.96 Å². The van der Waals surface area contributed by atoms with Crippen molar-refractivity contribution in [1.82, 2.24) is 15.6 Å². The molecule has 132 valence electrons. The highest BCUT2D eigenvalue weighted by Crippen LogP contribution is 2.32. The second kappa shape index (κ2) is 8.37. The van der Waals surface area contributed by atoms with E-state index in [1.54, 1.807) is 6.20 Å². The standard InChI is InChI=1S/C19H24N4O2/c1-3-20-19(23-12-16-14(2)5-4-9-21-16)22-10-8-15-6-7-17-18(11-15)25-13-24-17/h4-7,9,11H,3,8,10,12-13H2,1-2H3,(H2,20,22,23). The first-order chi connectivity index (χ1) is 12.3. The summed E-state index contributed by atoms with van der Waals surface area (Å²) in [6, 6.07) is 10.1. The predicted molar refractivity (Wildman–Crippen MR) is 98.1 cm³/mol. The molecular formula is C19H24N4O2. The van der Waals surface area contributed by atoms with Crippen molar-refractivity contribution in [2.75, 3.05) is 19.9 Å². The topological polar surface area (TPSA) is 67.8 Å². The Morgan fingerprint density at radius 1 is 1.20 bits per heavy atom. The number of aliphatic imine (C=N–C) groups is 1. The molecule has 2 heterocycles. The Hall–Kier alpha value is -2.76. The number of aromatic nitrogens is 1. The van der Waals surface area contributed by atoms with E-state index in [0.29, 0.717) is 13.3 Å². The van der Waals surface area contributed by atoms with Gasteiger partial charge in [0.05, 0.1) is 12.2 Å². The van der Waals surface area contributed by atoms with E-state index in [9.17, 15) is 0 Å². The molecule has 0 spiro atoms. The number of ether oxygens (including phenoxy) is 2. The summed E-state index contributed by atoms with van der Waals surface area (Å²) in [5.74, 6) is 2.44. The molecule has 0 amide bonds. The number of hydrogen-bond acceptors (Lipinski definition) is 4. The highest BCUT2D eigenvalue weighted by Gasteiger charge is 2.12. The van der Waals surface area contributed by atoms with E-state index in [2.05, 4.69) is 46.6 Å². The molecule has 2 N–H and O–H groups in total. The van der Waals surface area contributed by atoms with Gasteiger partial charge in [-0.1, -0.05) is 12.1 Å². The van der Waals surface area contributed by atoms with Gasteiger partial charge in [-0.15, -0.1) is 0 Å². The van der Waals surface area contributed by atoms with Gasteiger partial charge < -0.3 is 20.1 Å². The summed E-state index contributed by atoms with van der Waals surface area (Å²) in [6.45, 7) is 6.58. The molecular weight excluding hydrogens is 316 g/mol. The van der Waals surface area contributed by atoms with E-state index < -0.39 is 0 Å². The van der Waals surface area contributed by atoms with Crippen LogP contribution in [-0.2, 0) is 13.0 Å². The Kier molecular flexibility index (Phi) is 5.72. The van der Waals surface area contributed by atoms with Gasteiger partial charge in [0.1, 0.15) is 0 Å². The fourth-order valence-corrected chi connectivity index (χ4v) is 2.60. The molecule has 1 aromatic carbocycles. The van der Waals surface area contributed by atoms with Crippen LogP contribution in [0.5, 0.6) is 11.5 Å². The fourth-order valence-electron chi connectivity index (χ4n) is 2.60. The number of rotatable bonds is 6. The van der Waals surface area contributed by atoms with Crippen LogP contribution in [0.15, 0.2) is 41.5 Å². The minimum atomic E-state index is 0.307. The van der Waals surface area contributed by atoms with Crippen LogP contribution in [0.1, 0.15) is 23.7 Å². The van der Waals surface area contributed by atoms with E-state index in [0.717, 1.165) is 48.2 Å². The molecule has 6 heteroatoms. The van der Waals surface area contributed by atoms with Crippen LogP contribution in [-0.4, -0.2) is 30.8 Å². The first kappa shape index (κ1) is 17.1. The predicted octanol–water partition coefficient (Wildman–Crippen LogP) is 2.42. The molecule has 0 bridgehead atoms. The molecule has 0 aliphatic carbocycles. The van der Waals surface area contributed by atoms with Crippen molar-refractivity contribution < 1.29 is 9.47 Å². The van der Waals surface area contributed by atoms with Crippen molar-refractivity contribution in [2.45, 2.75) is 26.8 Å². The number of nitrogens with one attached hydrogen (secondary N) is 2. The zero-order valence-electron chi connectivity index (χ0n) is 14.7. The molecule has 25 heavy (non-hydrogen) atoms. The van der Waals surface area contributed by atoms with Gasteiger partial charge in [-0.2, -0.15) is 0 Å². The van der Waals surface area contributed by atoms with Gasteiger partial charge in [-0.05, 0) is 49.6 Å². The van der Waals surface area contributed by atoms with Gasteiger partial charge >= 0.3 is 0 Å². The molecule has 2 aromatic rings. The largest absolute Gasteiger partial charge is 0.454 e. The van der Waals surface area contributed by atoms with Crippen molar-refractivity contribution in [3.63, 3.8) is 0 Å². The van der Waals surface area contributed by atoms with Crippen LogP contribution in [0.25, 0.3) is 0 Å². The Labute approximate surface area is 148 Å². The summed E-state index contributed by atoms with van der Waals surface area (Å²) >= 11 is 0. The highest BCUT2D eigenvalue weighted by atomic mass is 16.7. The number of nitrogens with zero attached hydrogens (tertiary/aromatic N) is 2. The molecule has 0 radical (unpaired) electrons. The molecule has 3 rings (SSSR count). The lowest BCUT2D eigenvalue weighted by Gasteiger charge is -2.12. The zero-order valence-corrected chi connectivity index (χ0v) is 14.7. The number of guanidine groups is 1. The fraction of sp³-hybridized carbons (Fsp3) is 0.368. The van der Waals surface area contributed by atoms with Crippen LogP contribution in [0.3, 0.4) is 0 Å². The maximum atomic E-state index is 5.42. The monoisotopic (exact) mass is 340 g/mol. The molecule has 1 aromatic heterocycles. The second-order valence-electron chi connectivity index (χ2n) is 5.83. The van der Waals surface area contributed by atoms with Gasteiger partial charge in [0.15, 0.2) is 17.5 Å². The normalized spacial score (nSPS) is 13.0. The molecule has 0 saturated heterocycles. The molecule has 0 unspecified atom stereocenters. The summed E-state index contributed by atoms with van der Waals surface area (Å²) in [5, 5.41) is 6.63. The first-order valence-electron chi connectivity index (χ1n) is 8.57. The Morgan fingerprint density at radius 2 is 2.08 bits per heavy atom. The molecule has 0 fully saturated rings. The lowest BCUT2D eigenvalue weighted by Crippen LogP contribution is -2.38. The number of fused-ring (bicyclic) bond motifs is 1. The van der Waals surface area contributed by atoms with Gasteiger partial charge in [0, 0.05) is 19.3 Å². The third-order valence-corrected chi connectivity index (χ3v) is 3.99. The Morgan fingerprint density at radius 3 is 2.92 bits per heavy atom. The smallest absolute Gasteiger partial charge is 0.231 e. The summed E-state index contributed by atoms with van der Waals surface area (Å²) < 4.78 is 10.8. The maximum Gasteiger partial charge on any atom is 0.231 e. The van der Waals surface area contributed by atoms with Crippen LogP contribution in [0.2, 0.25) is 0 Å². The van der Waals surface area contributed by atoms with Crippen LogP contribution in [0.4, 0.5) is 0 Å². The summed E-state index contributed by atoms with van der Waals surface area (Å²) in [4.78, 5) is 9.00. The summed E-state index contributed by atoms with van der Waals surface area (Å²) in [7, 11) is 0. The van der Waals surface area contributed by atoms with Crippen LogP contribution >= 0.6 is 0 Å². The Balaban J connectivity index is 1.55. The molecule has 0 saturated carbocycles. The van der Waals surface area contributed by atoms with Crippen LogP contribution in [0, 0.1) is 6.92 Å². The number of pyridine rings is 1. The van der Waals surface area contributed by atoms with Crippen molar-refractivity contribution in [1.29, 1.82) is 0 Å². The van der Waals surface area contributed by atoms with E-state index in [-0.39, 0.29) is 0 Å². The van der Waals surface area contributed by atoms with E-state index in [1.807, 2.05) is 18.2 Å². The zero-order chi connectivity index (χ0) is 17.5. The average Bonchev–Trinajstić information content (AvgIpc) is 3.08. The highest BCUT2D eigenvalue weighted by molar-refractivity contribution is 5.79. The first-order valence-corrected chi connectivity index (χ1v) is 8.57. The molecule has 1 aliphatic heterocycles. The Bertz CT molecular complexity index is 746. The van der Waals surface area contributed by atoms with Crippen molar-refractivity contribution in [2.24, 2.45) is 4.99 Å². The summed E-state index contributed by atoms with van der Waals surface area (Å²) in [5.41, 5.74) is 3.35. The van der Waals surface area contributed by atoms with Gasteiger partial charge in [-0.3, -0.25) is 4.98 Å². The number of hydrogen-bond donors (Lipinski definition) is 2. The third-order valence-electron chi connectivity index (χ3n) is 3.99. The lowest BCUT2D eigenvalue weighted by molar-refractivity contribution is 0.174. The van der Waals surface area contributed by atoms with E-state index in [1.165, 1.54) is 5.56 Å². The number of aryl methyl sites for hydroxylation is 1. The summed E-state index contributed by atoms with van der Waals surface area (Å²) in [6.07, 6.45) is 2.68. The van der Waals surface area contributed by atoms with Crippen molar-refractivity contribution in [3.8, 4) is 11.5 Å². The minimum Gasteiger partial charge on any atom is -0.454 e. The van der Waals surface area contributed by atoms with Gasteiger partial charge in [-0.25, -0.2) is 4.99 Å². The van der Waals surface area contributed by atoms with E-state index >= 15 is 0 Å². The molecule has 1 aliphatic rings. The SMILES string of the molecule is CCNC(=NCc1ncccc1C)NCCc1ccc2c(c1)OCO2. The average molecular weight is 340 g/mol. The van der Waals surface area contributed by atoms with Crippen molar-refractivity contribution in [3.05, 3.63) is 53.3 Å². The van der Waals surface area contributed by atoms with E-state index in [4.69, 9.17) is 9.47 Å².